The Kier molecular flexibility index (Phi) is 4.24. The topological polar surface area (TPSA) is 12.0 Å². The van der Waals surface area contributed by atoms with E-state index in [0.717, 1.165) is 14.6 Å². The van der Waals surface area contributed by atoms with E-state index in [2.05, 4.69) is 74.4 Å². The standard InChI is InChI=1S/C14H13Br2N/c1-10(13-7-2-3-8-14(13)16)17-12-6-4-5-11(15)9-12/h2-10,17H,1H3. The van der Waals surface area contributed by atoms with Gasteiger partial charge in [-0.1, -0.05) is 56.1 Å². The molecule has 0 fully saturated rings. The average Bonchev–Trinajstić information content (AvgIpc) is 2.29. The monoisotopic (exact) mass is 353 g/mol. The van der Waals surface area contributed by atoms with Gasteiger partial charge in [-0.25, -0.2) is 0 Å². The summed E-state index contributed by atoms with van der Waals surface area (Å²) in [5, 5.41) is 3.48. The summed E-state index contributed by atoms with van der Waals surface area (Å²) in [6.07, 6.45) is 0. The van der Waals surface area contributed by atoms with Crippen molar-refractivity contribution in [3.8, 4) is 0 Å². The summed E-state index contributed by atoms with van der Waals surface area (Å²) in [6, 6.07) is 16.7. The van der Waals surface area contributed by atoms with Crippen LogP contribution in [0.1, 0.15) is 18.5 Å². The molecular formula is C14H13Br2N. The highest BCUT2D eigenvalue weighted by Gasteiger charge is 2.08. The van der Waals surface area contributed by atoms with E-state index in [4.69, 9.17) is 0 Å². The van der Waals surface area contributed by atoms with Crippen LogP contribution in [0.4, 0.5) is 5.69 Å². The van der Waals surface area contributed by atoms with Gasteiger partial charge >= 0.3 is 0 Å². The molecule has 2 aromatic rings. The second-order valence-corrected chi connectivity index (χ2v) is 5.67. The molecule has 0 amide bonds. The molecule has 0 radical (unpaired) electrons. The van der Waals surface area contributed by atoms with Crippen molar-refractivity contribution in [3.05, 3.63) is 63.0 Å². The minimum Gasteiger partial charge on any atom is -0.378 e. The minimum absolute atomic E-state index is 0.264. The van der Waals surface area contributed by atoms with Gasteiger partial charge in [0.05, 0.1) is 0 Å². The summed E-state index contributed by atoms with van der Waals surface area (Å²) < 4.78 is 2.22. The maximum atomic E-state index is 3.58. The molecule has 0 bridgehead atoms. The van der Waals surface area contributed by atoms with Gasteiger partial charge < -0.3 is 5.32 Å². The van der Waals surface area contributed by atoms with Crippen LogP contribution in [0.25, 0.3) is 0 Å². The number of hydrogen-bond donors (Lipinski definition) is 1. The zero-order chi connectivity index (χ0) is 12.3. The molecule has 0 aliphatic heterocycles. The predicted molar refractivity (Wildman–Crippen MR) is 80.3 cm³/mol. The van der Waals surface area contributed by atoms with Crippen molar-refractivity contribution in [2.45, 2.75) is 13.0 Å². The number of benzene rings is 2. The molecule has 0 saturated heterocycles. The molecule has 0 aromatic heterocycles. The molecule has 2 aromatic carbocycles. The van der Waals surface area contributed by atoms with Gasteiger partial charge in [-0.2, -0.15) is 0 Å². The van der Waals surface area contributed by atoms with Crippen molar-refractivity contribution in [1.29, 1.82) is 0 Å². The van der Waals surface area contributed by atoms with Crippen LogP contribution < -0.4 is 5.32 Å². The summed E-state index contributed by atoms with van der Waals surface area (Å²) in [5.41, 5.74) is 2.37. The van der Waals surface area contributed by atoms with Gasteiger partial charge in [0.2, 0.25) is 0 Å². The van der Waals surface area contributed by atoms with Crippen molar-refractivity contribution in [2.24, 2.45) is 0 Å². The molecule has 2 rings (SSSR count). The Labute approximate surface area is 119 Å². The zero-order valence-electron chi connectivity index (χ0n) is 9.45. The summed E-state index contributed by atoms with van der Waals surface area (Å²) in [4.78, 5) is 0. The van der Waals surface area contributed by atoms with Crippen LogP contribution >= 0.6 is 31.9 Å². The molecule has 0 spiro atoms. The molecule has 88 valence electrons. The van der Waals surface area contributed by atoms with E-state index in [1.165, 1.54) is 5.56 Å². The van der Waals surface area contributed by atoms with Crippen LogP contribution in [0.5, 0.6) is 0 Å². The maximum Gasteiger partial charge on any atom is 0.0496 e. The molecule has 3 heteroatoms. The highest BCUT2D eigenvalue weighted by atomic mass is 79.9. The summed E-state index contributed by atoms with van der Waals surface area (Å²) in [7, 11) is 0. The van der Waals surface area contributed by atoms with E-state index in [0.29, 0.717) is 0 Å². The van der Waals surface area contributed by atoms with Crippen LogP contribution in [0, 0.1) is 0 Å². The van der Waals surface area contributed by atoms with Gasteiger partial charge in [0.15, 0.2) is 0 Å². The third-order valence-corrected chi connectivity index (χ3v) is 3.79. The third kappa shape index (κ3) is 3.33. The SMILES string of the molecule is CC(Nc1cccc(Br)c1)c1ccccc1Br. The number of nitrogens with one attached hydrogen (secondary N) is 1. The molecular weight excluding hydrogens is 342 g/mol. The fraction of sp³-hybridized carbons (Fsp3) is 0.143. The fourth-order valence-electron chi connectivity index (χ4n) is 1.73. The van der Waals surface area contributed by atoms with Crippen molar-refractivity contribution < 1.29 is 0 Å². The lowest BCUT2D eigenvalue weighted by atomic mass is 10.1. The van der Waals surface area contributed by atoms with Gasteiger partial charge in [0, 0.05) is 20.7 Å². The van der Waals surface area contributed by atoms with Crippen LogP contribution in [0.2, 0.25) is 0 Å². The van der Waals surface area contributed by atoms with Gasteiger partial charge in [-0.3, -0.25) is 0 Å². The predicted octanol–water partition coefficient (Wildman–Crippen LogP) is 5.38. The van der Waals surface area contributed by atoms with E-state index < -0.39 is 0 Å². The molecule has 1 nitrogen and oxygen atoms in total. The Morgan fingerprint density at radius 1 is 1.00 bits per heavy atom. The summed E-state index contributed by atoms with van der Waals surface area (Å²) >= 11 is 7.05. The van der Waals surface area contributed by atoms with Crippen molar-refractivity contribution in [1.82, 2.24) is 0 Å². The number of anilines is 1. The highest BCUT2D eigenvalue weighted by Crippen LogP contribution is 2.26. The Balaban J connectivity index is 2.17. The molecule has 0 heterocycles. The highest BCUT2D eigenvalue weighted by molar-refractivity contribution is 9.10. The number of hydrogen-bond acceptors (Lipinski definition) is 1. The molecule has 1 unspecified atom stereocenters. The van der Waals surface area contributed by atoms with E-state index in [9.17, 15) is 0 Å². The van der Waals surface area contributed by atoms with Crippen molar-refractivity contribution in [2.75, 3.05) is 5.32 Å². The van der Waals surface area contributed by atoms with Gasteiger partial charge in [-0.05, 0) is 36.8 Å². The van der Waals surface area contributed by atoms with Crippen LogP contribution in [0.3, 0.4) is 0 Å². The lowest BCUT2D eigenvalue weighted by Crippen LogP contribution is -2.07. The van der Waals surface area contributed by atoms with E-state index >= 15 is 0 Å². The fourth-order valence-corrected chi connectivity index (χ4v) is 2.76. The Morgan fingerprint density at radius 2 is 1.76 bits per heavy atom. The normalized spacial score (nSPS) is 12.2. The molecule has 0 aliphatic rings. The molecule has 1 N–H and O–H groups in total. The summed E-state index contributed by atoms with van der Waals surface area (Å²) in [6.45, 7) is 2.15. The Bertz CT molecular complexity index is 511. The first kappa shape index (κ1) is 12.7. The first-order chi connectivity index (χ1) is 8.16. The largest absolute Gasteiger partial charge is 0.378 e. The number of rotatable bonds is 3. The first-order valence-corrected chi connectivity index (χ1v) is 7.02. The third-order valence-electron chi connectivity index (χ3n) is 2.58. The average molecular weight is 355 g/mol. The van der Waals surface area contributed by atoms with Crippen molar-refractivity contribution >= 4 is 37.5 Å². The van der Waals surface area contributed by atoms with Crippen LogP contribution in [-0.4, -0.2) is 0 Å². The van der Waals surface area contributed by atoms with E-state index in [1.807, 2.05) is 18.2 Å². The summed E-state index contributed by atoms with van der Waals surface area (Å²) in [5.74, 6) is 0. The Morgan fingerprint density at radius 3 is 2.47 bits per heavy atom. The van der Waals surface area contributed by atoms with Gasteiger partial charge in [-0.15, -0.1) is 0 Å². The van der Waals surface area contributed by atoms with Crippen LogP contribution in [-0.2, 0) is 0 Å². The first-order valence-electron chi connectivity index (χ1n) is 5.43. The molecule has 17 heavy (non-hydrogen) atoms. The lowest BCUT2D eigenvalue weighted by Gasteiger charge is -2.17. The molecule has 0 aliphatic carbocycles. The second kappa shape index (κ2) is 5.69. The molecule has 0 saturated carbocycles. The minimum atomic E-state index is 0.264. The Hall–Kier alpha value is -0.800. The quantitative estimate of drug-likeness (QED) is 0.779. The van der Waals surface area contributed by atoms with Gasteiger partial charge in [0.1, 0.15) is 0 Å². The molecule has 1 atom stereocenters. The smallest absolute Gasteiger partial charge is 0.0496 e. The van der Waals surface area contributed by atoms with Crippen LogP contribution in [0.15, 0.2) is 57.5 Å². The van der Waals surface area contributed by atoms with Crippen molar-refractivity contribution in [3.63, 3.8) is 0 Å². The lowest BCUT2D eigenvalue weighted by molar-refractivity contribution is 0.879. The zero-order valence-corrected chi connectivity index (χ0v) is 12.6. The maximum absolute atomic E-state index is 3.58. The van der Waals surface area contributed by atoms with E-state index in [-0.39, 0.29) is 6.04 Å². The van der Waals surface area contributed by atoms with Gasteiger partial charge in [0.25, 0.3) is 0 Å². The van der Waals surface area contributed by atoms with E-state index in [1.54, 1.807) is 0 Å². The number of halogens is 2. The second-order valence-electron chi connectivity index (χ2n) is 3.90.